The average Bonchev–Trinajstić information content (AvgIpc) is 2.83. The van der Waals surface area contributed by atoms with E-state index in [0.29, 0.717) is 32.4 Å². The molecule has 2 aromatic carbocycles. The van der Waals surface area contributed by atoms with Crippen LogP contribution in [0.5, 0.6) is 5.75 Å². The molecule has 3 amide bonds. The molecule has 1 aliphatic rings. The summed E-state index contributed by atoms with van der Waals surface area (Å²) in [7, 11) is 1.41. The molecule has 1 N–H and O–H groups in total. The summed E-state index contributed by atoms with van der Waals surface area (Å²) < 4.78 is 6.42. The van der Waals surface area contributed by atoms with Crippen molar-refractivity contribution < 1.29 is 14.3 Å². The van der Waals surface area contributed by atoms with Gasteiger partial charge in [0.15, 0.2) is 5.75 Å². The van der Waals surface area contributed by atoms with Crippen molar-refractivity contribution in [2.24, 2.45) is 0 Å². The second-order valence-electron chi connectivity index (χ2n) is 5.58. The van der Waals surface area contributed by atoms with E-state index in [1.807, 2.05) is 12.1 Å². The highest BCUT2D eigenvalue weighted by atomic mass is 79.9. The van der Waals surface area contributed by atoms with Crippen molar-refractivity contribution in [1.82, 2.24) is 10.2 Å². The number of urea groups is 1. The molecule has 2 aromatic rings. The number of likely N-dealkylation sites (N-methyl/N-ethyl adjacent to an activating group) is 1. The summed E-state index contributed by atoms with van der Waals surface area (Å²) in [6, 6.07) is 10.3. The Hall–Kier alpha value is -2.02. The van der Waals surface area contributed by atoms with E-state index in [-0.39, 0.29) is 5.70 Å². The summed E-state index contributed by atoms with van der Waals surface area (Å²) in [6.07, 6.45) is 1.56. The molecule has 26 heavy (non-hydrogen) atoms. The van der Waals surface area contributed by atoms with Gasteiger partial charge < -0.3 is 10.1 Å². The van der Waals surface area contributed by atoms with Crippen LogP contribution in [-0.2, 0) is 11.4 Å². The molecule has 0 aliphatic carbocycles. The molecule has 0 atom stereocenters. The lowest BCUT2D eigenvalue weighted by molar-refractivity contribution is -0.121. The molecule has 1 heterocycles. The van der Waals surface area contributed by atoms with Crippen LogP contribution in [0, 0.1) is 0 Å². The number of rotatable bonds is 4. The SMILES string of the molecule is CN1C(=O)N/C(=C/c2cc(Cl)c(OCc3ccc(Cl)cc3)c(Br)c2)C1=O. The number of ether oxygens (including phenoxy) is 1. The second-order valence-corrected chi connectivity index (χ2v) is 7.28. The molecular weight excluding hydrogens is 443 g/mol. The van der Waals surface area contributed by atoms with Crippen molar-refractivity contribution in [2.75, 3.05) is 7.05 Å². The van der Waals surface area contributed by atoms with Crippen LogP contribution in [0.25, 0.3) is 6.08 Å². The zero-order valence-corrected chi connectivity index (χ0v) is 16.7. The van der Waals surface area contributed by atoms with Gasteiger partial charge in [0.1, 0.15) is 12.3 Å². The molecule has 0 aromatic heterocycles. The third kappa shape index (κ3) is 4.03. The third-order valence-electron chi connectivity index (χ3n) is 3.71. The first-order valence-electron chi connectivity index (χ1n) is 7.52. The van der Waals surface area contributed by atoms with Crippen LogP contribution in [0.1, 0.15) is 11.1 Å². The van der Waals surface area contributed by atoms with E-state index >= 15 is 0 Å². The fraction of sp³-hybridized carbons (Fsp3) is 0.111. The van der Waals surface area contributed by atoms with E-state index in [4.69, 9.17) is 27.9 Å². The van der Waals surface area contributed by atoms with Gasteiger partial charge in [0.25, 0.3) is 5.91 Å². The molecule has 3 rings (SSSR count). The zero-order chi connectivity index (χ0) is 18.8. The van der Waals surface area contributed by atoms with Crippen LogP contribution in [0.4, 0.5) is 4.79 Å². The van der Waals surface area contributed by atoms with Gasteiger partial charge in [0.05, 0.1) is 9.50 Å². The van der Waals surface area contributed by atoms with Gasteiger partial charge in [-0.15, -0.1) is 0 Å². The smallest absolute Gasteiger partial charge is 0.328 e. The normalized spacial score (nSPS) is 15.5. The summed E-state index contributed by atoms with van der Waals surface area (Å²) in [5.41, 5.74) is 1.79. The number of halogens is 3. The average molecular weight is 456 g/mol. The minimum absolute atomic E-state index is 0.190. The number of imide groups is 1. The maximum atomic E-state index is 11.9. The van der Waals surface area contributed by atoms with E-state index < -0.39 is 11.9 Å². The first-order chi connectivity index (χ1) is 12.3. The Bertz CT molecular complexity index is 890. The van der Waals surface area contributed by atoms with Gasteiger partial charge in [-0.1, -0.05) is 35.3 Å². The van der Waals surface area contributed by atoms with E-state index in [2.05, 4.69) is 21.2 Å². The monoisotopic (exact) mass is 454 g/mol. The zero-order valence-electron chi connectivity index (χ0n) is 13.6. The van der Waals surface area contributed by atoms with Crippen LogP contribution in [0.3, 0.4) is 0 Å². The summed E-state index contributed by atoms with van der Waals surface area (Å²) in [5, 5.41) is 3.54. The molecule has 1 fully saturated rings. The Balaban J connectivity index is 1.79. The summed E-state index contributed by atoms with van der Waals surface area (Å²) in [4.78, 5) is 24.4. The molecule has 0 radical (unpaired) electrons. The maximum Gasteiger partial charge on any atom is 0.328 e. The van der Waals surface area contributed by atoms with Gasteiger partial charge in [-0.3, -0.25) is 9.69 Å². The fourth-order valence-corrected chi connectivity index (χ4v) is 3.44. The van der Waals surface area contributed by atoms with Crippen LogP contribution in [-0.4, -0.2) is 23.9 Å². The Morgan fingerprint density at radius 2 is 1.88 bits per heavy atom. The molecule has 0 unspecified atom stereocenters. The molecule has 0 saturated carbocycles. The predicted molar refractivity (Wildman–Crippen MR) is 104 cm³/mol. The van der Waals surface area contributed by atoms with E-state index in [1.165, 1.54) is 7.05 Å². The Morgan fingerprint density at radius 1 is 1.19 bits per heavy atom. The first-order valence-corrected chi connectivity index (χ1v) is 9.07. The Morgan fingerprint density at radius 3 is 2.46 bits per heavy atom. The van der Waals surface area contributed by atoms with Crippen LogP contribution in [0.15, 0.2) is 46.6 Å². The van der Waals surface area contributed by atoms with Gasteiger partial charge in [-0.05, 0) is 57.4 Å². The van der Waals surface area contributed by atoms with Crippen molar-refractivity contribution in [3.05, 3.63) is 67.7 Å². The standard InChI is InChI=1S/C18H13BrCl2N2O3/c1-23-17(24)15(22-18(23)25)8-11-6-13(19)16(14(21)7-11)26-9-10-2-4-12(20)5-3-10/h2-8H,9H2,1H3,(H,22,25)/b15-8+. The maximum absolute atomic E-state index is 11.9. The second kappa shape index (κ2) is 7.70. The van der Waals surface area contributed by atoms with E-state index in [9.17, 15) is 9.59 Å². The molecule has 8 heteroatoms. The molecular formula is C18H13BrCl2N2O3. The minimum atomic E-state index is -0.464. The predicted octanol–water partition coefficient (Wildman–Crippen LogP) is 4.86. The van der Waals surface area contributed by atoms with Gasteiger partial charge in [-0.2, -0.15) is 0 Å². The number of nitrogens with zero attached hydrogens (tertiary/aromatic N) is 1. The highest BCUT2D eigenvalue weighted by molar-refractivity contribution is 9.10. The third-order valence-corrected chi connectivity index (χ3v) is 4.83. The quantitative estimate of drug-likeness (QED) is 0.529. The lowest BCUT2D eigenvalue weighted by atomic mass is 10.1. The number of hydrogen-bond acceptors (Lipinski definition) is 3. The highest BCUT2D eigenvalue weighted by Crippen LogP contribution is 2.36. The minimum Gasteiger partial charge on any atom is -0.486 e. The van der Waals surface area contributed by atoms with Gasteiger partial charge in [-0.25, -0.2) is 4.79 Å². The van der Waals surface area contributed by atoms with Crippen molar-refractivity contribution in [3.8, 4) is 5.75 Å². The van der Waals surface area contributed by atoms with Crippen molar-refractivity contribution in [3.63, 3.8) is 0 Å². The largest absolute Gasteiger partial charge is 0.486 e. The van der Waals surface area contributed by atoms with Gasteiger partial charge in [0, 0.05) is 12.1 Å². The van der Waals surface area contributed by atoms with E-state index in [1.54, 1.807) is 30.3 Å². The van der Waals surface area contributed by atoms with Gasteiger partial charge >= 0.3 is 6.03 Å². The molecule has 1 aliphatic heterocycles. The number of amides is 3. The van der Waals surface area contributed by atoms with Crippen molar-refractivity contribution in [1.29, 1.82) is 0 Å². The number of hydrogen-bond donors (Lipinski definition) is 1. The van der Waals surface area contributed by atoms with Crippen molar-refractivity contribution in [2.45, 2.75) is 6.61 Å². The number of benzene rings is 2. The lowest BCUT2D eigenvalue weighted by Gasteiger charge is -2.11. The van der Waals surface area contributed by atoms with Gasteiger partial charge in [0.2, 0.25) is 0 Å². The number of carbonyl (C=O) groups excluding carboxylic acids is 2. The molecule has 1 saturated heterocycles. The topological polar surface area (TPSA) is 58.6 Å². The van der Waals surface area contributed by atoms with E-state index in [0.717, 1.165) is 10.5 Å². The molecule has 0 bridgehead atoms. The molecule has 134 valence electrons. The van der Waals surface area contributed by atoms with Crippen LogP contribution < -0.4 is 10.1 Å². The fourth-order valence-electron chi connectivity index (χ4n) is 2.33. The number of carbonyl (C=O) groups is 2. The summed E-state index contributed by atoms with van der Waals surface area (Å²) in [5.74, 6) is 0.0907. The molecule has 0 spiro atoms. The lowest BCUT2D eigenvalue weighted by Crippen LogP contribution is -2.25. The van der Waals surface area contributed by atoms with Crippen LogP contribution >= 0.6 is 39.1 Å². The Kier molecular flexibility index (Phi) is 5.55. The number of nitrogens with one attached hydrogen (secondary N) is 1. The van der Waals surface area contributed by atoms with Crippen molar-refractivity contribution >= 4 is 57.1 Å². The molecule has 5 nitrogen and oxygen atoms in total. The first kappa shape index (κ1) is 18.8. The Labute approximate surface area is 168 Å². The van der Waals surface area contributed by atoms with Crippen LogP contribution in [0.2, 0.25) is 10.0 Å². The summed E-state index contributed by atoms with van der Waals surface area (Å²) >= 11 is 15.6. The summed E-state index contributed by atoms with van der Waals surface area (Å²) in [6.45, 7) is 0.329. The highest BCUT2D eigenvalue weighted by Gasteiger charge is 2.30.